The molecule has 27 heavy (non-hydrogen) atoms. The summed E-state index contributed by atoms with van der Waals surface area (Å²) in [5.74, 6) is 0.662. The minimum Gasteiger partial charge on any atom is -0.492 e. The molecule has 0 spiro atoms. The van der Waals surface area contributed by atoms with Crippen molar-refractivity contribution in [3.05, 3.63) is 42.0 Å². The first-order chi connectivity index (χ1) is 12.6. The van der Waals surface area contributed by atoms with Crippen LogP contribution < -0.4 is 14.2 Å². The summed E-state index contributed by atoms with van der Waals surface area (Å²) < 4.78 is 56.1. The first kappa shape index (κ1) is 21.6. The summed E-state index contributed by atoms with van der Waals surface area (Å²) in [6.45, 7) is 4.11. The molecule has 9 heteroatoms. The van der Waals surface area contributed by atoms with Gasteiger partial charge in [0.2, 0.25) is 20.0 Å². The van der Waals surface area contributed by atoms with Gasteiger partial charge in [0, 0.05) is 13.1 Å². The predicted molar refractivity (Wildman–Crippen MR) is 108 cm³/mol. The number of rotatable bonds is 10. The average molecular weight is 415 g/mol. The molecule has 7 nitrogen and oxygen atoms in total. The summed E-state index contributed by atoms with van der Waals surface area (Å²) in [5.41, 5.74) is 1.04. The van der Waals surface area contributed by atoms with Crippen molar-refractivity contribution >= 4 is 30.8 Å². The van der Waals surface area contributed by atoms with Gasteiger partial charge in [0.1, 0.15) is 12.4 Å². The molecular formula is C18H26N2O5S2. The third-order valence-corrected chi connectivity index (χ3v) is 6.52. The second kappa shape index (κ2) is 9.01. The minimum atomic E-state index is -3.25. The van der Waals surface area contributed by atoms with Gasteiger partial charge in [-0.3, -0.25) is 0 Å². The lowest BCUT2D eigenvalue weighted by molar-refractivity contribution is 0.323. The van der Waals surface area contributed by atoms with Crippen molar-refractivity contribution in [2.24, 2.45) is 0 Å². The predicted octanol–water partition coefficient (Wildman–Crippen LogP) is 1.64. The first-order valence-corrected chi connectivity index (χ1v) is 12.1. The molecule has 2 rings (SSSR count). The molecule has 2 aromatic carbocycles. The van der Waals surface area contributed by atoms with Gasteiger partial charge in [-0.05, 0) is 48.7 Å². The fourth-order valence-electron chi connectivity index (χ4n) is 2.42. The molecule has 0 amide bonds. The summed E-state index contributed by atoms with van der Waals surface area (Å²) in [6.07, 6.45) is 1.71. The van der Waals surface area contributed by atoms with Gasteiger partial charge < -0.3 is 4.74 Å². The molecule has 150 valence electrons. The van der Waals surface area contributed by atoms with Crippen LogP contribution in [0.5, 0.6) is 5.75 Å². The number of fused-ring (bicyclic) bond motifs is 1. The fourth-order valence-corrected chi connectivity index (χ4v) is 3.59. The van der Waals surface area contributed by atoms with Crippen LogP contribution in [-0.4, -0.2) is 48.0 Å². The van der Waals surface area contributed by atoms with E-state index in [1.807, 2.05) is 36.4 Å². The third-order valence-electron chi connectivity index (χ3n) is 3.95. The summed E-state index contributed by atoms with van der Waals surface area (Å²) in [6, 6.07) is 11.6. The molecule has 0 saturated carbocycles. The van der Waals surface area contributed by atoms with Crippen LogP contribution >= 0.6 is 0 Å². The fraction of sp³-hybridized carbons (Fsp3) is 0.444. The summed E-state index contributed by atoms with van der Waals surface area (Å²) >= 11 is 0. The highest BCUT2D eigenvalue weighted by atomic mass is 32.2. The third kappa shape index (κ3) is 7.10. The van der Waals surface area contributed by atoms with E-state index in [4.69, 9.17) is 4.74 Å². The Morgan fingerprint density at radius 2 is 1.59 bits per heavy atom. The molecule has 0 aromatic heterocycles. The van der Waals surface area contributed by atoms with Crippen molar-refractivity contribution in [2.45, 2.75) is 25.5 Å². The van der Waals surface area contributed by atoms with Crippen LogP contribution in [-0.2, 0) is 26.5 Å². The Morgan fingerprint density at radius 1 is 0.926 bits per heavy atom. The van der Waals surface area contributed by atoms with Gasteiger partial charge in [0.05, 0.1) is 11.5 Å². The van der Waals surface area contributed by atoms with E-state index in [-0.39, 0.29) is 13.2 Å². The monoisotopic (exact) mass is 414 g/mol. The van der Waals surface area contributed by atoms with Gasteiger partial charge in [-0.15, -0.1) is 0 Å². The van der Waals surface area contributed by atoms with Crippen LogP contribution in [0.25, 0.3) is 10.8 Å². The molecule has 2 N–H and O–H groups in total. The lowest BCUT2D eigenvalue weighted by Gasteiger charge is -2.10. The number of nitrogens with one attached hydrogen (secondary N) is 2. The zero-order valence-electron chi connectivity index (χ0n) is 15.7. The lowest BCUT2D eigenvalue weighted by Crippen LogP contribution is -2.32. The normalized spacial score (nSPS) is 12.6. The van der Waals surface area contributed by atoms with E-state index in [0.29, 0.717) is 18.7 Å². The smallest absolute Gasteiger partial charge is 0.213 e. The highest BCUT2D eigenvalue weighted by Gasteiger charge is 2.14. The van der Waals surface area contributed by atoms with Crippen molar-refractivity contribution in [2.75, 3.05) is 26.0 Å². The van der Waals surface area contributed by atoms with E-state index in [1.54, 1.807) is 13.8 Å². The van der Waals surface area contributed by atoms with Crippen LogP contribution in [0.4, 0.5) is 0 Å². The van der Waals surface area contributed by atoms with Gasteiger partial charge in [-0.25, -0.2) is 26.3 Å². The molecule has 0 unspecified atom stereocenters. The van der Waals surface area contributed by atoms with Crippen molar-refractivity contribution in [3.8, 4) is 5.75 Å². The Kier molecular flexibility index (Phi) is 7.21. The lowest BCUT2D eigenvalue weighted by atomic mass is 10.0. The topological polar surface area (TPSA) is 102 Å². The van der Waals surface area contributed by atoms with Crippen LogP contribution in [0.2, 0.25) is 0 Å². The van der Waals surface area contributed by atoms with Crippen LogP contribution in [0.15, 0.2) is 36.4 Å². The highest BCUT2D eigenvalue weighted by Crippen LogP contribution is 2.22. The van der Waals surface area contributed by atoms with Gasteiger partial charge in [-0.1, -0.05) is 24.3 Å². The van der Waals surface area contributed by atoms with E-state index in [0.717, 1.165) is 22.6 Å². The van der Waals surface area contributed by atoms with Gasteiger partial charge in [0.15, 0.2) is 0 Å². The highest BCUT2D eigenvalue weighted by molar-refractivity contribution is 7.90. The van der Waals surface area contributed by atoms with Crippen LogP contribution in [0.1, 0.15) is 19.4 Å². The van der Waals surface area contributed by atoms with E-state index in [1.165, 1.54) is 0 Å². The summed E-state index contributed by atoms with van der Waals surface area (Å²) in [7, 11) is -6.46. The van der Waals surface area contributed by atoms with Crippen molar-refractivity contribution in [3.63, 3.8) is 0 Å². The Labute approximate surface area is 161 Å². The summed E-state index contributed by atoms with van der Waals surface area (Å²) in [4.78, 5) is 0. The Bertz CT molecular complexity index is 986. The van der Waals surface area contributed by atoms with E-state index >= 15 is 0 Å². The van der Waals surface area contributed by atoms with Crippen LogP contribution in [0.3, 0.4) is 0 Å². The second-order valence-electron chi connectivity index (χ2n) is 6.60. The number of ether oxygens (including phenoxy) is 1. The maximum absolute atomic E-state index is 11.8. The number of sulfonamides is 2. The summed E-state index contributed by atoms with van der Waals surface area (Å²) in [5, 5.41) is 1.58. The number of hydrogen-bond acceptors (Lipinski definition) is 5. The molecule has 0 bridgehead atoms. The van der Waals surface area contributed by atoms with Crippen molar-refractivity contribution < 1.29 is 21.6 Å². The molecular weight excluding hydrogens is 388 g/mol. The molecule has 0 aliphatic carbocycles. The largest absolute Gasteiger partial charge is 0.492 e. The maximum Gasteiger partial charge on any atom is 0.213 e. The zero-order valence-corrected chi connectivity index (χ0v) is 17.4. The molecule has 0 saturated heterocycles. The number of benzene rings is 2. The minimum absolute atomic E-state index is 0.210. The molecule has 0 atom stereocenters. The van der Waals surface area contributed by atoms with E-state index < -0.39 is 25.3 Å². The Morgan fingerprint density at radius 3 is 2.26 bits per heavy atom. The molecule has 2 aromatic rings. The van der Waals surface area contributed by atoms with Crippen LogP contribution in [0, 0.1) is 0 Å². The van der Waals surface area contributed by atoms with Gasteiger partial charge >= 0.3 is 0 Å². The van der Waals surface area contributed by atoms with Crippen molar-refractivity contribution in [1.82, 2.24) is 9.44 Å². The average Bonchev–Trinajstić information content (AvgIpc) is 2.57. The van der Waals surface area contributed by atoms with E-state index in [2.05, 4.69) is 9.44 Å². The number of hydrogen-bond donors (Lipinski definition) is 2. The second-order valence-corrected chi connectivity index (χ2v) is 10.8. The molecule has 0 aliphatic rings. The zero-order chi connectivity index (χ0) is 20.1. The maximum atomic E-state index is 11.8. The Balaban J connectivity index is 1.94. The molecule has 0 aliphatic heterocycles. The molecule has 0 radical (unpaired) electrons. The van der Waals surface area contributed by atoms with E-state index in [9.17, 15) is 16.8 Å². The SMILES string of the molecule is CC(C)S(=O)(=O)NCCc1ccc2cc(OCCNS(C)(=O)=O)ccc2c1. The quantitative estimate of drug-likeness (QED) is 0.576. The molecule has 0 heterocycles. The Hall–Kier alpha value is -1.68. The first-order valence-electron chi connectivity index (χ1n) is 8.65. The van der Waals surface area contributed by atoms with Gasteiger partial charge in [-0.2, -0.15) is 0 Å². The molecule has 0 fully saturated rings. The van der Waals surface area contributed by atoms with Crippen molar-refractivity contribution in [1.29, 1.82) is 0 Å². The van der Waals surface area contributed by atoms with Gasteiger partial charge in [0.25, 0.3) is 0 Å². The standard InChI is InChI=1S/C18H26N2O5S2/c1-14(2)27(23,24)20-9-8-15-4-5-17-13-18(7-6-16(17)12-15)25-11-10-19-26(3,21)22/h4-7,12-14,19-20H,8-11H2,1-3H3.